The van der Waals surface area contributed by atoms with Gasteiger partial charge in [0.05, 0.1) is 6.61 Å². The van der Waals surface area contributed by atoms with E-state index >= 15 is 0 Å². The van der Waals surface area contributed by atoms with Gasteiger partial charge in [0.25, 0.3) is 6.47 Å². The van der Waals surface area contributed by atoms with Crippen LogP contribution >= 0.6 is 23.2 Å². The molecule has 0 bridgehead atoms. The second-order valence-corrected chi connectivity index (χ2v) is 3.14. The van der Waals surface area contributed by atoms with E-state index in [1.165, 1.54) is 0 Å². The number of ether oxygens (including phenoxy) is 1. The minimum absolute atomic E-state index is 0.0490. The first-order valence-electron chi connectivity index (χ1n) is 3.56. The maximum atomic E-state index is 9.69. The molecule has 66 valence electrons. The number of carbonyl (C=O) groups is 1. The summed E-state index contributed by atoms with van der Waals surface area (Å²) in [6, 6.07) is 0. The molecule has 0 aliphatic rings. The zero-order valence-corrected chi connectivity index (χ0v) is 7.77. The van der Waals surface area contributed by atoms with Crippen LogP contribution in [0.5, 0.6) is 0 Å². The quantitative estimate of drug-likeness (QED) is 0.357. The minimum atomic E-state index is 0.0490. The summed E-state index contributed by atoms with van der Waals surface area (Å²) in [4.78, 5) is 9.69. The summed E-state index contributed by atoms with van der Waals surface area (Å²) in [6.07, 6.45) is 2.70. The van der Waals surface area contributed by atoms with E-state index < -0.39 is 0 Å². The number of carbonyl (C=O) groups excluding carboxylic acids is 1. The van der Waals surface area contributed by atoms with Crippen LogP contribution in [0.1, 0.15) is 19.3 Å². The SMILES string of the molecule is O=COCCCCC(Cl)CCl. The highest BCUT2D eigenvalue weighted by molar-refractivity contribution is 6.28. The molecule has 0 aromatic carbocycles. The summed E-state index contributed by atoms with van der Waals surface area (Å²) < 4.78 is 4.49. The van der Waals surface area contributed by atoms with E-state index in [1.807, 2.05) is 0 Å². The van der Waals surface area contributed by atoms with E-state index in [4.69, 9.17) is 23.2 Å². The van der Waals surface area contributed by atoms with Crippen molar-refractivity contribution in [2.75, 3.05) is 12.5 Å². The van der Waals surface area contributed by atoms with Gasteiger partial charge in [-0.2, -0.15) is 0 Å². The standard InChI is InChI=1S/C7H12Cl2O2/c8-5-7(9)3-1-2-4-11-6-10/h6-7H,1-5H2. The number of hydrogen-bond donors (Lipinski definition) is 0. The fraction of sp³-hybridized carbons (Fsp3) is 0.857. The van der Waals surface area contributed by atoms with Crippen molar-refractivity contribution in [1.82, 2.24) is 0 Å². The highest BCUT2D eigenvalue weighted by Crippen LogP contribution is 2.08. The lowest BCUT2D eigenvalue weighted by atomic mass is 10.2. The lowest BCUT2D eigenvalue weighted by Crippen LogP contribution is -2.00. The zero-order valence-electron chi connectivity index (χ0n) is 6.26. The smallest absolute Gasteiger partial charge is 0.293 e. The third kappa shape index (κ3) is 7.95. The summed E-state index contributed by atoms with van der Waals surface area (Å²) in [6.45, 7) is 0.940. The predicted octanol–water partition coefficient (Wildman–Crippen LogP) is 2.18. The van der Waals surface area contributed by atoms with Crippen LogP contribution in [-0.2, 0) is 9.53 Å². The van der Waals surface area contributed by atoms with Crippen molar-refractivity contribution >= 4 is 29.7 Å². The van der Waals surface area contributed by atoms with Crippen molar-refractivity contribution in [1.29, 1.82) is 0 Å². The molecule has 0 spiro atoms. The normalized spacial score (nSPS) is 12.5. The third-order valence-electron chi connectivity index (χ3n) is 1.27. The fourth-order valence-electron chi connectivity index (χ4n) is 0.676. The first-order valence-corrected chi connectivity index (χ1v) is 4.53. The van der Waals surface area contributed by atoms with Gasteiger partial charge in [-0.3, -0.25) is 4.79 Å². The summed E-state index contributed by atoms with van der Waals surface area (Å²) in [5.74, 6) is 0.482. The van der Waals surface area contributed by atoms with Crippen LogP contribution in [0.4, 0.5) is 0 Å². The molecule has 0 fully saturated rings. The Bertz CT molecular complexity index is 98.4. The van der Waals surface area contributed by atoms with Crippen LogP contribution in [-0.4, -0.2) is 24.3 Å². The first-order chi connectivity index (χ1) is 5.31. The van der Waals surface area contributed by atoms with Crippen molar-refractivity contribution in [3.63, 3.8) is 0 Å². The number of unbranched alkanes of at least 4 members (excludes halogenated alkanes) is 1. The van der Waals surface area contributed by atoms with E-state index in [0.717, 1.165) is 19.3 Å². The molecule has 1 unspecified atom stereocenters. The monoisotopic (exact) mass is 198 g/mol. The molecule has 0 radical (unpaired) electrons. The Morgan fingerprint density at radius 1 is 1.45 bits per heavy atom. The first kappa shape index (κ1) is 11.1. The Morgan fingerprint density at radius 3 is 2.73 bits per heavy atom. The van der Waals surface area contributed by atoms with Crippen molar-refractivity contribution in [2.24, 2.45) is 0 Å². The van der Waals surface area contributed by atoms with Crippen LogP contribution in [0.3, 0.4) is 0 Å². The molecule has 0 saturated heterocycles. The maximum Gasteiger partial charge on any atom is 0.293 e. The van der Waals surface area contributed by atoms with E-state index in [1.54, 1.807) is 0 Å². The Balaban J connectivity index is 2.95. The molecular weight excluding hydrogens is 187 g/mol. The van der Waals surface area contributed by atoms with Crippen LogP contribution in [0, 0.1) is 0 Å². The molecule has 0 aliphatic heterocycles. The molecule has 4 heteroatoms. The van der Waals surface area contributed by atoms with Crippen molar-refractivity contribution < 1.29 is 9.53 Å². The second-order valence-electron chi connectivity index (χ2n) is 2.21. The van der Waals surface area contributed by atoms with Gasteiger partial charge < -0.3 is 4.74 Å². The highest BCUT2D eigenvalue weighted by atomic mass is 35.5. The molecule has 0 heterocycles. The molecule has 0 saturated carbocycles. The average molecular weight is 199 g/mol. The van der Waals surface area contributed by atoms with Crippen molar-refractivity contribution in [3.05, 3.63) is 0 Å². The van der Waals surface area contributed by atoms with E-state index in [2.05, 4.69) is 4.74 Å². The van der Waals surface area contributed by atoms with Gasteiger partial charge in [0.15, 0.2) is 0 Å². The summed E-state index contributed by atoms with van der Waals surface area (Å²) >= 11 is 11.2. The number of alkyl halides is 2. The molecule has 0 N–H and O–H groups in total. The van der Waals surface area contributed by atoms with Gasteiger partial charge in [0.1, 0.15) is 0 Å². The molecule has 0 aromatic heterocycles. The van der Waals surface area contributed by atoms with Crippen LogP contribution < -0.4 is 0 Å². The van der Waals surface area contributed by atoms with Gasteiger partial charge in [-0.05, 0) is 19.3 Å². The Labute approximate surface area is 76.8 Å². The molecule has 1 atom stereocenters. The second kappa shape index (κ2) is 8.15. The molecule has 0 aromatic rings. The van der Waals surface area contributed by atoms with Crippen LogP contribution in [0.2, 0.25) is 0 Å². The minimum Gasteiger partial charge on any atom is -0.468 e. The van der Waals surface area contributed by atoms with Gasteiger partial charge in [0.2, 0.25) is 0 Å². The maximum absolute atomic E-state index is 9.69. The average Bonchev–Trinajstić information content (AvgIpc) is 2.04. The van der Waals surface area contributed by atoms with Gasteiger partial charge in [-0.25, -0.2) is 0 Å². The number of hydrogen-bond acceptors (Lipinski definition) is 2. The number of halogens is 2. The largest absolute Gasteiger partial charge is 0.468 e. The van der Waals surface area contributed by atoms with Gasteiger partial charge >= 0.3 is 0 Å². The Kier molecular flexibility index (Phi) is 8.19. The Hall–Kier alpha value is 0.0500. The molecule has 2 nitrogen and oxygen atoms in total. The lowest BCUT2D eigenvalue weighted by molar-refractivity contribution is -0.128. The molecule has 11 heavy (non-hydrogen) atoms. The van der Waals surface area contributed by atoms with Crippen LogP contribution in [0.25, 0.3) is 0 Å². The van der Waals surface area contributed by atoms with Crippen molar-refractivity contribution in [2.45, 2.75) is 24.6 Å². The highest BCUT2D eigenvalue weighted by Gasteiger charge is 2.00. The third-order valence-corrected chi connectivity index (χ3v) is 2.17. The Morgan fingerprint density at radius 2 is 2.18 bits per heavy atom. The summed E-state index contributed by atoms with van der Waals surface area (Å²) in [7, 11) is 0. The van der Waals surface area contributed by atoms with Gasteiger partial charge in [0, 0.05) is 11.3 Å². The fourth-order valence-corrected chi connectivity index (χ4v) is 0.985. The predicted molar refractivity (Wildman–Crippen MR) is 46.2 cm³/mol. The molecule has 0 aliphatic carbocycles. The summed E-state index contributed by atoms with van der Waals surface area (Å²) in [5, 5.41) is 0.0490. The molecule has 0 rings (SSSR count). The summed E-state index contributed by atoms with van der Waals surface area (Å²) in [5.41, 5.74) is 0. The lowest BCUT2D eigenvalue weighted by Gasteiger charge is -2.03. The van der Waals surface area contributed by atoms with E-state index in [0.29, 0.717) is 19.0 Å². The zero-order chi connectivity index (χ0) is 8.53. The molecule has 0 amide bonds. The van der Waals surface area contributed by atoms with Crippen molar-refractivity contribution in [3.8, 4) is 0 Å². The van der Waals surface area contributed by atoms with E-state index in [-0.39, 0.29) is 5.38 Å². The van der Waals surface area contributed by atoms with Gasteiger partial charge in [-0.1, -0.05) is 0 Å². The van der Waals surface area contributed by atoms with Crippen LogP contribution in [0.15, 0.2) is 0 Å². The number of rotatable bonds is 7. The topological polar surface area (TPSA) is 26.3 Å². The molecular formula is C7H12Cl2O2. The van der Waals surface area contributed by atoms with E-state index in [9.17, 15) is 4.79 Å². The van der Waals surface area contributed by atoms with Gasteiger partial charge in [-0.15, -0.1) is 23.2 Å².